The lowest BCUT2D eigenvalue weighted by Crippen LogP contribution is -2.27. The number of nitrogens with one attached hydrogen (secondary N) is 1. The highest BCUT2D eigenvalue weighted by Gasteiger charge is 2.36. The fraction of sp³-hybridized carbons (Fsp3) is 0.538. The van der Waals surface area contributed by atoms with Gasteiger partial charge in [-0.3, -0.25) is 0 Å². The molecule has 0 spiro atoms. The van der Waals surface area contributed by atoms with Gasteiger partial charge >= 0.3 is 0 Å². The third-order valence-corrected chi connectivity index (χ3v) is 4.13. The lowest BCUT2D eigenvalue weighted by Gasteiger charge is -2.16. The highest BCUT2D eigenvalue weighted by Crippen LogP contribution is 2.37. The quantitative estimate of drug-likeness (QED) is 0.845. The van der Waals surface area contributed by atoms with Gasteiger partial charge in [-0.15, -0.1) is 0 Å². The van der Waals surface area contributed by atoms with Crippen LogP contribution in [-0.2, 0) is 6.54 Å². The van der Waals surface area contributed by atoms with Crippen LogP contribution < -0.4 is 10.1 Å². The molecule has 1 saturated carbocycles. The van der Waals surface area contributed by atoms with Crippen molar-refractivity contribution in [3.8, 4) is 5.75 Å². The number of hydrogen-bond acceptors (Lipinski definition) is 2. The molecule has 17 heavy (non-hydrogen) atoms. The van der Waals surface area contributed by atoms with E-state index in [9.17, 15) is 0 Å². The summed E-state index contributed by atoms with van der Waals surface area (Å²) in [4.78, 5) is 0. The summed E-state index contributed by atoms with van der Waals surface area (Å²) in [6.45, 7) is 5.81. The Morgan fingerprint density at radius 3 is 2.65 bits per heavy atom. The van der Waals surface area contributed by atoms with Gasteiger partial charge in [0, 0.05) is 22.1 Å². The first kappa shape index (κ1) is 13.4. The summed E-state index contributed by atoms with van der Waals surface area (Å²) in [5.41, 5.74) is 1.54. The van der Waals surface area contributed by atoms with Crippen LogP contribution in [0.3, 0.4) is 0 Å². The standard InChI is InChI=1S/C13H17Br2NO/c1-3-17-12-9(6-10(14)7-11(12)15)8-16-13(2)4-5-13/h6-7,16H,3-5,8H2,1-2H3. The summed E-state index contributed by atoms with van der Waals surface area (Å²) < 4.78 is 7.78. The summed E-state index contributed by atoms with van der Waals surface area (Å²) in [6.07, 6.45) is 2.54. The van der Waals surface area contributed by atoms with Gasteiger partial charge in [-0.25, -0.2) is 0 Å². The predicted molar refractivity (Wildman–Crippen MR) is 77.5 cm³/mol. The van der Waals surface area contributed by atoms with Crippen LogP contribution in [0.4, 0.5) is 0 Å². The predicted octanol–water partition coefficient (Wildman–Crippen LogP) is 4.25. The summed E-state index contributed by atoms with van der Waals surface area (Å²) >= 11 is 7.07. The first-order valence-electron chi connectivity index (χ1n) is 5.90. The molecule has 0 saturated heterocycles. The number of rotatable bonds is 5. The van der Waals surface area contributed by atoms with Gasteiger partial charge in [0.05, 0.1) is 11.1 Å². The minimum atomic E-state index is 0.346. The molecule has 0 bridgehead atoms. The largest absolute Gasteiger partial charge is 0.492 e. The van der Waals surface area contributed by atoms with E-state index >= 15 is 0 Å². The zero-order chi connectivity index (χ0) is 12.5. The second-order valence-electron chi connectivity index (χ2n) is 4.72. The minimum absolute atomic E-state index is 0.346. The molecule has 0 amide bonds. The zero-order valence-corrected chi connectivity index (χ0v) is 13.3. The molecule has 1 N–H and O–H groups in total. The van der Waals surface area contributed by atoms with E-state index in [1.54, 1.807) is 0 Å². The van der Waals surface area contributed by atoms with Gasteiger partial charge in [0.1, 0.15) is 5.75 Å². The smallest absolute Gasteiger partial charge is 0.138 e. The molecule has 0 radical (unpaired) electrons. The van der Waals surface area contributed by atoms with Gasteiger partial charge in [-0.05, 0) is 54.8 Å². The normalized spacial score (nSPS) is 16.9. The molecule has 1 aromatic carbocycles. The van der Waals surface area contributed by atoms with Crippen LogP contribution >= 0.6 is 31.9 Å². The lowest BCUT2D eigenvalue weighted by atomic mass is 10.2. The van der Waals surface area contributed by atoms with Crippen LogP contribution in [0.5, 0.6) is 5.75 Å². The van der Waals surface area contributed by atoms with Gasteiger partial charge in [0.25, 0.3) is 0 Å². The van der Waals surface area contributed by atoms with E-state index in [2.05, 4.69) is 50.2 Å². The third kappa shape index (κ3) is 3.46. The highest BCUT2D eigenvalue weighted by molar-refractivity contribution is 9.11. The van der Waals surface area contributed by atoms with E-state index in [1.807, 2.05) is 13.0 Å². The van der Waals surface area contributed by atoms with E-state index in [4.69, 9.17) is 4.74 Å². The molecule has 0 heterocycles. The van der Waals surface area contributed by atoms with E-state index in [0.717, 1.165) is 21.2 Å². The average Bonchev–Trinajstić information content (AvgIpc) is 2.99. The fourth-order valence-electron chi connectivity index (χ4n) is 1.72. The molecule has 0 unspecified atom stereocenters. The van der Waals surface area contributed by atoms with Crippen molar-refractivity contribution < 1.29 is 4.74 Å². The van der Waals surface area contributed by atoms with Crippen LogP contribution in [0, 0.1) is 0 Å². The molecule has 1 aliphatic rings. The molecule has 2 rings (SSSR count). The number of ether oxygens (including phenoxy) is 1. The number of halogens is 2. The molecule has 94 valence electrons. The van der Waals surface area contributed by atoms with Crippen molar-refractivity contribution >= 4 is 31.9 Å². The van der Waals surface area contributed by atoms with Gasteiger partial charge < -0.3 is 10.1 Å². The molecule has 4 heteroatoms. The molecule has 0 aromatic heterocycles. The van der Waals surface area contributed by atoms with Crippen LogP contribution in [0.2, 0.25) is 0 Å². The summed E-state index contributed by atoms with van der Waals surface area (Å²) in [5, 5.41) is 3.58. The number of benzene rings is 1. The van der Waals surface area contributed by atoms with Crippen LogP contribution in [0.15, 0.2) is 21.1 Å². The Kier molecular flexibility index (Phi) is 4.16. The van der Waals surface area contributed by atoms with Crippen LogP contribution in [0.25, 0.3) is 0 Å². The molecule has 1 fully saturated rings. The third-order valence-electron chi connectivity index (χ3n) is 3.08. The number of hydrogen-bond donors (Lipinski definition) is 1. The maximum absolute atomic E-state index is 5.70. The Bertz CT molecular complexity index is 416. The van der Waals surface area contributed by atoms with Crippen molar-refractivity contribution in [1.29, 1.82) is 0 Å². The van der Waals surface area contributed by atoms with E-state index in [1.165, 1.54) is 18.4 Å². The molecule has 2 nitrogen and oxygen atoms in total. The van der Waals surface area contributed by atoms with Gasteiger partial charge in [0.2, 0.25) is 0 Å². The van der Waals surface area contributed by atoms with Gasteiger partial charge in [-0.2, -0.15) is 0 Å². The molecule has 1 aliphatic carbocycles. The van der Waals surface area contributed by atoms with Crippen LogP contribution in [0.1, 0.15) is 32.3 Å². The molecule has 0 atom stereocenters. The molecular weight excluding hydrogens is 346 g/mol. The van der Waals surface area contributed by atoms with Crippen molar-refractivity contribution in [3.63, 3.8) is 0 Å². The Labute approximate surface area is 119 Å². The second kappa shape index (κ2) is 5.29. The topological polar surface area (TPSA) is 21.3 Å². The maximum Gasteiger partial charge on any atom is 0.138 e. The molecular formula is C13H17Br2NO. The first-order chi connectivity index (χ1) is 8.04. The van der Waals surface area contributed by atoms with E-state index < -0.39 is 0 Å². The summed E-state index contributed by atoms with van der Waals surface area (Å²) in [5.74, 6) is 0.951. The fourth-order valence-corrected chi connectivity index (χ4v) is 3.15. The second-order valence-corrected chi connectivity index (χ2v) is 6.49. The van der Waals surface area contributed by atoms with Gasteiger partial charge in [-0.1, -0.05) is 15.9 Å². The Morgan fingerprint density at radius 1 is 1.35 bits per heavy atom. The van der Waals surface area contributed by atoms with Crippen molar-refractivity contribution in [2.75, 3.05) is 6.61 Å². The Hall–Kier alpha value is -0.0600. The van der Waals surface area contributed by atoms with Crippen molar-refractivity contribution in [2.45, 2.75) is 38.8 Å². The first-order valence-corrected chi connectivity index (χ1v) is 7.48. The Balaban J connectivity index is 2.17. The maximum atomic E-state index is 5.70. The van der Waals surface area contributed by atoms with Crippen molar-refractivity contribution in [1.82, 2.24) is 5.32 Å². The van der Waals surface area contributed by atoms with E-state index in [0.29, 0.717) is 12.1 Å². The van der Waals surface area contributed by atoms with E-state index in [-0.39, 0.29) is 0 Å². The monoisotopic (exact) mass is 361 g/mol. The summed E-state index contributed by atoms with van der Waals surface area (Å²) in [7, 11) is 0. The van der Waals surface area contributed by atoms with Crippen molar-refractivity contribution in [3.05, 3.63) is 26.6 Å². The van der Waals surface area contributed by atoms with Crippen LogP contribution in [-0.4, -0.2) is 12.1 Å². The SMILES string of the molecule is CCOc1c(Br)cc(Br)cc1CNC1(C)CC1. The highest BCUT2D eigenvalue weighted by atomic mass is 79.9. The van der Waals surface area contributed by atoms with Crippen molar-refractivity contribution in [2.24, 2.45) is 0 Å². The lowest BCUT2D eigenvalue weighted by molar-refractivity contribution is 0.332. The average molecular weight is 363 g/mol. The minimum Gasteiger partial charge on any atom is -0.492 e. The zero-order valence-electron chi connectivity index (χ0n) is 10.1. The molecule has 0 aliphatic heterocycles. The van der Waals surface area contributed by atoms with Gasteiger partial charge in [0.15, 0.2) is 0 Å². The molecule has 1 aromatic rings. The Morgan fingerprint density at radius 2 is 2.06 bits per heavy atom. The summed E-state index contributed by atoms with van der Waals surface area (Å²) in [6, 6.07) is 4.14.